The van der Waals surface area contributed by atoms with E-state index in [1.165, 1.54) is 10.5 Å². The summed E-state index contributed by atoms with van der Waals surface area (Å²) in [5, 5.41) is 7.52. The van der Waals surface area contributed by atoms with Crippen molar-refractivity contribution in [3.63, 3.8) is 0 Å². The average molecular weight is 382 g/mol. The molecular weight excluding hydrogens is 356 g/mol. The summed E-state index contributed by atoms with van der Waals surface area (Å²) in [6.07, 6.45) is 7.78. The molecule has 2 aliphatic rings. The molecule has 1 aromatic carbocycles. The zero-order valence-electron chi connectivity index (χ0n) is 16.4. The molecule has 1 aromatic heterocycles. The number of hydrogen-bond acceptors (Lipinski definition) is 4. The van der Waals surface area contributed by atoms with Crippen molar-refractivity contribution in [2.45, 2.75) is 51.6 Å². The van der Waals surface area contributed by atoms with E-state index >= 15 is 0 Å². The van der Waals surface area contributed by atoms with Gasteiger partial charge in [-0.05, 0) is 62.8 Å². The Kier molecular flexibility index (Phi) is 5.07. The van der Waals surface area contributed by atoms with Gasteiger partial charge in [-0.1, -0.05) is 6.07 Å². The fourth-order valence-electron chi connectivity index (χ4n) is 4.02. The maximum atomic E-state index is 12.6. The van der Waals surface area contributed by atoms with Gasteiger partial charge >= 0.3 is 0 Å². The molecule has 0 saturated heterocycles. The van der Waals surface area contributed by atoms with Gasteiger partial charge in [-0.2, -0.15) is 5.10 Å². The van der Waals surface area contributed by atoms with Gasteiger partial charge in [0, 0.05) is 12.2 Å². The summed E-state index contributed by atoms with van der Waals surface area (Å²) >= 11 is 0. The van der Waals surface area contributed by atoms with Crippen molar-refractivity contribution in [1.29, 1.82) is 0 Å². The number of aromatic nitrogens is 2. The minimum absolute atomic E-state index is 0.0247. The number of ether oxygens (including phenoxy) is 1. The number of hydrogen-bond donors (Lipinski definition) is 1. The number of nitrogens with one attached hydrogen (secondary N) is 1. The van der Waals surface area contributed by atoms with E-state index in [9.17, 15) is 9.59 Å². The molecule has 2 amide bonds. The minimum Gasteiger partial charge on any atom is -0.482 e. The van der Waals surface area contributed by atoms with Gasteiger partial charge in [-0.3, -0.25) is 19.2 Å². The summed E-state index contributed by atoms with van der Waals surface area (Å²) in [6, 6.07) is 6.22. The van der Waals surface area contributed by atoms with Crippen LogP contribution in [0, 0.1) is 13.8 Å². The highest BCUT2D eigenvalue weighted by Gasteiger charge is 2.29. The maximum absolute atomic E-state index is 12.6. The summed E-state index contributed by atoms with van der Waals surface area (Å²) < 4.78 is 7.52. The molecule has 7 nitrogen and oxygen atoms in total. The monoisotopic (exact) mass is 382 g/mol. The maximum Gasteiger partial charge on any atom is 0.265 e. The molecule has 0 unspecified atom stereocenters. The van der Waals surface area contributed by atoms with Gasteiger partial charge in [-0.15, -0.1) is 0 Å². The average Bonchev–Trinajstić information content (AvgIpc) is 3.11. The highest BCUT2D eigenvalue weighted by atomic mass is 16.5. The normalized spacial score (nSPS) is 21.8. The molecule has 148 valence electrons. The first-order valence-electron chi connectivity index (χ1n) is 9.83. The van der Waals surface area contributed by atoms with Crippen molar-refractivity contribution in [2.75, 3.05) is 18.1 Å². The first kappa shape index (κ1) is 18.5. The van der Waals surface area contributed by atoms with Crippen molar-refractivity contribution in [1.82, 2.24) is 15.1 Å². The van der Waals surface area contributed by atoms with Gasteiger partial charge in [-0.25, -0.2) is 0 Å². The molecule has 1 fully saturated rings. The second-order valence-electron chi connectivity index (χ2n) is 7.81. The Morgan fingerprint density at radius 1 is 1.21 bits per heavy atom. The molecule has 28 heavy (non-hydrogen) atoms. The van der Waals surface area contributed by atoms with Gasteiger partial charge in [0.05, 0.1) is 17.9 Å². The third kappa shape index (κ3) is 3.88. The van der Waals surface area contributed by atoms with Crippen molar-refractivity contribution in [3.8, 4) is 5.75 Å². The predicted octanol–water partition coefficient (Wildman–Crippen LogP) is 2.53. The van der Waals surface area contributed by atoms with Crippen molar-refractivity contribution in [2.24, 2.45) is 0 Å². The van der Waals surface area contributed by atoms with E-state index in [0.717, 1.165) is 31.2 Å². The molecule has 1 aliphatic carbocycles. The highest BCUT2D eigenvalue weighted by Crippen LogP contribution is 2.33. The zero-order chi connectivity index (χ0) is 19.7. The fraction of sp³-hybridized carbons (Fsp3) is 0.476. The van der Waals surface area contributed by atoms with Crippen LogP contribution < -0.4 is 15.0 Å². The van der Waals surface area contributed by atoms with Gasteiger partial charge in [0.2, 0.25) is 5.91 Å². The molecular formula is C21H26N4O3. The molecule has 1 aliphatic heterocycles. The lowest BCUT2D eigenvalue weighted by Crippen LogP contribution is -2.48. The number of anilines is 1. The molecule has 1 saturated carbocycles. The van der Waals surface area contributed by atoms with Crippen molar-refractivity contribution < 1.29 is 14.3 Å². The lowest BCUT2D eigenvalue weighted by atomic mass is 9.91. The lowest BCUT2D eigenvalue weighted by molar-refractivity contribution is -0.125. The summed E-state index contributed by atoms with van der Waals surface area (Å²) in [4.78, 5) is 26.4. The quantitative estimate of drug-likeness (QED) is 0.882. The molecule has 0 spiro atoms. The van der Waals surface area contributed by atoms with Crippen LogP contribution in [0.5, 0.6) is 5.75 Å². The van der Waals surface area contributed by atoms with Crippen LogP contribution in [0.3, 0.4) is 0 Å². The molecule has 7 heteroatoms. The van der Waals surface area contributed by atoms with E-state index in [1.807, 2.05) is 42.9 Å². The van der Waals surface area contributed by atoms with Crippen LogP contribution in [0.25, 0.3) is 0 Å². The third-order valence-corrected chi connectivity index (χ3v) is 5.53. The number of aryl methyl sites for hydroxylation is 2. The fourth-order valence-corrected chi connectivity index (χ4v) is 4.02. The highest BCUT2D eigenvalue weighted by molar-refractivity contribution is 6.02. The Hall–Kier alpha value is -2.83. The second kappa shape index (κ2) is 7.66. The number of carbonyl (C=O) groups excluding carboxylic acids is 2. The molecule has 2 heterocycles. The summed E-state index contributed by atoms with van der Waals surface area (Å²) in [6.45, 7) is 3.99. The van der Waals surface area contributed by atoms with Crippen LogP contribution in [0.1, 0.15) is 42.9 Å². The third-order valence-electron chi connectivity index (χ3n) is 5.53. The smallest absolute Gasteiger partial charge is 0.265 e. The number of benzene rings is 1. The van der Waals surface area contributed by atoms with Crippen LogP contribution in [-0.4, -0.2) is 40.8 Å². The van der Waals surface area contributed by atoms with Crippen molar-refractivity contribution in [3.05, 3.63) is 41.7 Å². The van der Waals surface area contributed by atoms with Crippen LogP contribution >= 0.6 is 0 Å². The Morgan fingerprint density at radius 3 is 2.71 bits per heavy atom. The van der Waals surface area contributed by atoms with Crippen LogP contribution in [0.2, 0.25) is 0 Å². The van der Waals surface area contributed by atoms with E-state index in [0.29, 0.717) is 17.5 Å². The summed E-state index contributed by atoms with van der Waals surface area (Å²) in [5.74, 6) is 0.333. The predicted molar refractivity (Wildman–Crippen MR) is 105 cm³/mol. The second-order valence-corrected chi connectivity index (χ2v) is 7.81. The van der Waals surface area contributed by atoms with Crippen LogP contribution in [-0.2, 0) is 9.59 Å². The molecule has 0 radical (unpaired) electrons. The number of rotatable bonds is 4. The van der Waals surface area contributed by atoms with Crippen LogP contribution in [0.15, 0.2) is 30.6 Å². The largest absolute Gasteiger partial charge is 0.482 e. The number of carbonyl (C=O) groups is 2. The first-order chi connectivity index (χ1) is 13.5. The molecule has 0 atom stereocenters. The van der Waals surface area contributed by atoms with Crippen LogP contribution in [0.4, 0.5) is 5.69 Å². The SMILES string of the molecule is Cc1ccc2c(c1)N(CC(=O)NC1CCC(n3cc(C)cn3)CC1)C(=O)CO2. The summed E-state index contributed by atoms with van der Waals surface area (Å²) in [7, 11) is 0. The van der Waals surface area contributed by atoms with Crippen molar-refractivity contribution >= 4 is 17.5 Å². The molecule has 2 aromatic rings. The topological polar surface area (TPSA) is 76.5 Å². The van der Waals surface area contributed by atoms with E-state index in [4.69, 9.17) is 4.74 Å². The zero-order valence-corrected chi connectivity index (χ0v) is 16.4. The van der Waals surface area contributed by atoms with Gasteiger partial charge < -0.3 is 10.1 Å². The lowest BCUT2D eigenvalue weighted by Gasteiger charge is -2.32. The van der Waals surface area contributed by atoms with E-state index in [2.05, 4.69) is 16.6 Å². The van der Waals surface area contributed by atoms with Gasteiger partial charge in [0.1, 0.15) is 12.3 Å². The number of fused-ring (bicyclic) bond motifs is 1. The molecule has 1 N–H and O–H groups in total. The standard InChI is InChI=1S/C21H26N4O3/c1-14-3-8-19-18(9-14)24(21(27)13-28-19)12-20(26)23-16-4-6-17(7-5-16)25-11-15(2)10-22-25/h3,8-11,16-17H,4-7,12-13H2,1-2H3,(H,23,26). The Morgan fingerprint density at radius 2 is 2.00 bits per heavy atom. The number of amides is 2. The molecule has 4 rings (SSSR count). The van der Waals surface area contributed by atoms with E-state index in [1.54, 1.807) is 0 Å². The number of nitrogens with zero attached hydrogens (tertiary/aromatic N) is 3. The molecule has 0 bridgehead atoms. The van der Waals surface area contributed by atoms with E-state index < -0.39 is 0 Å². The minimum atomic E-state index is -0.189. The first-order valence-corrected chi connectivity index (χ1v) is 9.83. The Bertz CT molecular complexity index is 884. The van der Waals surface area contributed by atoms with E-state index in [-0.39, 0.29) is 31.0 Å². The Labute approximate surface area is 164 Å². The van der Waals surface area contributed by atoms with Gasteiger partial charge in [0.15, 0.2) is 6.61 Å². The summed E-state index contributed by atoms with van der Waals surface area (Å²) in [5.41, 5.74) is 2.86. The Balaban J connectivity index is 1.34. The van der Waals surface area contributed by atoms with Gasteiger partial charge in [0.25, 0.3) is 5.91 Å².